The molecule has 0 radical (unpaired) electrons. The smallest absolute Gasteiger partial charge is 0.389 e. The van der Waals surface area contributed by atoms with Crippen LogP contribution in [0.3, 0.4) is 0 Å². The van der Waals surface area contributed by atoms with Gasteiger partial charge in [0.1, 0.15) is 0 Å². The number of ether oxygens (including phenoxy) is 2. The van der Waals surface area contributed by atoms with Crippen LogP contribution in [0, 0.1) is 0 Å². The number of nitrogens with one attached hydrogen (secondary N) is 1. The van der Waals surface area contributed by atoms with Gasteiger partial charge in [0, 0.05) is 17.9 Å². The van der Waals surface area contributed by atoms with Crippen molar-refractivity contribution >= 4 is 11.8 Å². The molecule has 0 saturated carbocycles. The van der Waals surface area contributed by atoms with Crippen molar-refractivity contribution in [2.45, 2.75) is 30.5 Å². The second-order valence-electron chi connectivity index (χ2n) is 4.41. The van der Waals surface area contributed by atoms with Gasteiger partial charge >= 0.3 is 6.18 Å². The van der Waals surface area contributed by atoms with Crippen molar-refractivity contribution in [3.05, 3.63) is 17.7 Å². The number of alkyl halides is 3. The maximum absolute atomic E-state index is 12.0. The van der Waals surface area contributed by atoms with Gasteiger partial charge in [0.15, 0.2) is 11.5 Å². The van der Waals surface area contributed by atoms with Crippen molar-refractivity contribution in [3.8, 4) is 11.5 Å². The molecule has 1 aromatic rings. The lowest BCUT2D eigenvalue weighted by molar-refractivity contribution is -0.135. The number of hydrogen-bond donors (Lipinski definition) is 1. The zero-order chi connectivity index (χ0) is 15.9. The third-order valence-corrected chi connectivity index (χ3v) is 3.74. The van der Waals surface area contributed by atoms with Crippen LogP contribution in [0.4, 0.5) is 13.2 Å². The molecule has 0 aromatic heterocycles. The van der Waals surface area contributed by atoms with E-state index < -0.39 is 12.6 Å². The largest absolute Gasteiger partial charge is 0.493 e. The number of methoxy groups -OCH3 is 2. The Kier molecular flexibility index (Phi) is 7.17. The zero-order valence-corrected chi connectivity index (χ0v) is 13.2. The summed E-state index contributed by atoms with van der Waals surface area (Å²) in [5.41, 5.74) is 0.979. The van der Waals surface area contributed by atoms with Gasteiger partial charge in [-0.2, -0.15) is 13.2 Å². The quantitative estimate of drug-likeness (QED) is 0.581. The molecule has 21 heavy (non-hydrogen) atoms. The highest BCUT2D eigenvalue weighted by Crippen LogP contribution is 2.34. The Labute approximate surface area is 127 Å². The fraction of sp³-hybridized carbons (Fsp3) is 0.571. The predicted octanol–water partition coefficient (Wildman–Crippen LogP) is 3.86. The number of rotatable bonds is 8. The van der Waals surface area contributed by atoms with Crippen molar-refractivity contribution in [2.75, 3.05) is 27.0 Å². The minimum Gasteiger partial charge on any atom is -0.493 e. The van der Waals surface area contributed by atoms with Crippen LogP contribution in [0.1, 0.15) is 18.4 Å². The van der Waals surface area contributed by atoms with Gasteiger partial charge in [0.25, 0.3) is 0 Å². The molecule has 1 aromatic carbocycles. The molecule has 0 unspecified atom stereocenters. The molecule has 0 fully saturated rings. The SMILES string of the molecule is COc1cc(CNCCCC(F)(F)F)c(SC)cc1OC. The zero-order valence-electron chi connectivity index (χ0n) is 12.3. The van der Waals surface area contributed by atoms with E-state index in [-0.39, 0.29) is 6.42 Å². The van der Waals surface area contributed by atoms with Crippen LogP contribution in [0.2, 0.25) is 0 Å². The first-order chi connectivity index (χ1) is 9.91. The normalized spacial score (nSPS) is 11.5. The molecular formula is C14H20F3NO2S. The maximum atomic E-state index is 12.0. The summed E-state index contributed by atoms with van der Waals surface area (Å²) in [6, 6.07) is 3.72. The Bertz CT molecular complexity index is 453. The van der Waals surface area contributed by atoms with Gasteiger partial charge in [0.2, 0.25) is 0 Å². The second-order valence-corrected chi connectivity index (χ2v) is 5.26. The molecular weight excluding hydrogens is 303 g/mol. The molecule has 0 atom stereocenters. The molecule has 0 aliphatic carbocycles. The molecule has 0 aliphatic rings. The first-order valence-corrected chi connectivity index (χ1v) is 7.70. The standard InChI is InChI=1S/C14H20F3NO2S/c1-19-11-7-10(13(21-3)8-12(11)20-2)9-18-6-4-5-14(15,16)17/h7-8,18H,4-6,9H2,1-3H3. The maximum Gasteiger partial charge on any atom is 0.389 e. The van der Waals surface area contributed by atoms with Gasteiger partial charge in [-0.15, -0.1) is 11.8 Å². The topological polar surface area (TPSA) is 30.5 Å². The van der Waals surface area contributed by atoms with E-state index in [1.165, 1.54) is 0 Å². The molecule has 0 spiro atoms. The van der Waals surface area contributed by atoms with E-state index in [1.807, 2.05) is 18.4 Å². The van der Waals surface area contributed by atoms with Gasteiger partial charge in [-0.3, -0.25) is 0 Å². The van der Waals surface area contributed by atoms with Crippen LogP contribution in [0.15, 0.2) is 17.0 Å². The summed E-state index contributed by atoms with van der Waals surface area (Å²) in [6.45, 7) is 0.816. The highest BCUT2D eigenvalue weighted by molar-refractivity contribution is 7.98. The van der Waals surface area contributed by atoms with Gasteiger partial charge in [-0.05, 0) is 36.9 Å². The van der Waals surface area contributed by atoms with E-state index >= 15 is 0 Å². The lowest BCUT2D eigenvalue weighted by atomic mass is 10.2. The fourth-order valence-corrected chi connectivity index (χ4v) is 2.49. The minimum absolute atomic E-state index is 0.0748. The predicted molar refractivity (Wildman–Crippen MR) is 78.3 cm³/mol. The van der Waals surface area contributed by atoms with E-state index in [0.29, 0.717) is 24.6 Å². The average Bonchev–Trinajstić information content (AvgIpc) is 2.44. The summed E-state index contributed by atoms with van der Waals surface area (Å²) in [6.07, 6.45) is -2.84. The second kappa shape index (κ2) is 8.38. The Balaban J connectivity index is 2.61. The summed E-state index contributed by atoms with van der Waals surface area (Å²) < 4.78 is 46.6. The van der Waals surface area contributed by atoms with Crippen LogP contribution < -0.4 is 14.8 Å². The molecule has 3 nitrogen and oxygen atoms in total. The molecule has 120 valence electrons. The lowest BCUT2D eigenvalue weighted by Gasteiger charge is -2.14. The van der Waals surface area contributed by atoms with E-state index in [0.717, 1.165) is 10.5 Å². The lowest BCUT2D eigenvalue weighted by Crippen LogP contribution is -2.18. The Morgan fingerprint density at radius 3 is 2.29 bits per heavy atom. The number of halogens is 3. The molecule has 1 N–H and O–H groups in total. The van der Waals surface area contributed by atoms with Gasteiger partial charge in [-0.1, -0.05) is 0 Å². The molecule has 0 saturated heterocycles. The molecule has 1 rings (SSSR count). The van der Waals surface area contributed by atoms with E-state index in [9.17, 15) is 13.2 Å². The molecule has 0 amide bonds. The summed E-state index contributed by atoms with van der Waals surface area (Å²) in [5, 5.41) is 3.03. The van der Waals surface area contributed by atoms with Crippen LogP contribution in [-0.4, -0.2) is 33.2 Å². The van der Waals surface area contributed by atoms with Gasteiger partial charge < -0.3 is 14.8 Å². The Morgan fingerprint density at radius 2 is 1.76 bits per heavy atom. The Morgan fingerprint density at radius 1 is 1.14 bits per heavy atom. The summed E-state index contributed by atoms with van der Waals surface area (Å²) in [7, 11) is 3.12. The third-order valence-electron chi connectivity index (χ3n) is 2.92. The fourth-order valence-electron chi connectivity index (χ4n) is 1.87. The minimum atomic E-state index is -4.09. The van der Waals surface area contributed by atoms with E-state index in [2.05, 4.69) is 5.32 Å². The molecule has 7 heteroatoms. The Hall–Kier alpha value is -1.08. The molecule has 0 heterocycles. The summed E-state index contributed by atoms with van der Waals surface area (Å²) in [4.78, 5) is 1.01. The summed E-state index contributed by atoms with van der Waals surface area (Å²) in [5.74, 6) is 1.25. The average molecular weight is 323 g/mol. The highest BCUT2D eigenvalue weighted by Gasteiger charge is 2.25. The molecule has 0 bridgehead atoms. The van der Waals surface area contributed by atoms with E-state index in [1.54, 1.807) is 26.0 Å². The van der Waals surface area contributed by atoms with Crippen molar-refractivity contribution < 1.29 is 22.6 Å². The van der Waals surface area contributed by atoms with Gasteiger partial charge in [0.05, 0.1) is 14.2 Å². The number of thioether (sulfide) groups is 1. The molecule has 0 aliphatic heterocycles. The number of benzene rings is 1. The monoisotopic (exact) mass is 323 g/mol. The van der Waals surface area contributed by atoms with Crippen LogP contribution in [-0.2, 0) is 6.54 Å². The van der Waals surface area contributed by atoms with E-state index in [4.69, 9.17) is 9.47 Å². The van der Waals surface area contributed by atoms with Crippen molar-refractivity contribution in [3.63, 3.8) is 0 Å². The summed E-state index contributed by atoms with van der Waals surface area (Å²) >= 11 is 1.56. The first kappa shape index (κ1) is 18.0. The number of hydrogen-bond acceptors (Lipinski definition) is 4. The van der Waals surface area contributed by atoms with Crippen molar-refractivity contribution in [1.29, 1.82) is 0 Å². The van der Waals surface area contributed by atoms with Crippen LogP contribution in [0.5, 0.6) is 11.5 Å². The van der Waals surface area contributed by atoms with Crippen molar-refractivity contribution in [1.82, 2.24) is 5.32 Å². The van der Waals surface area contributed by atoms with Crippen molar-refractivity contribution in [2.24, 2.45) is 0 Å². The van der Waals surface area contributed by atoms with Crippen LogP contribution in [0.25, 0.3) is 0 Å². The van der Waals surface area contributed by atoms with Gasteiger partial charge in [-0.25, -0.2) is 0 Å². The first-order valence-electron chi connectivity index (χ1n) is 6.47. The third kappa shape index (κ3) is 6.05. The highest BCUT2D eigenvalue weighted by atomic mass is 32.2. The van der Waals surface area contributed by atoms with Crippen LogP contribution >= 0.6 is 11.8 Å².